The average molecular weight is 369 g/mol. The highest BCUT2D eigenvalue weighted by Crippen LogP contribution is 2.26. The molecule has 1 amide bonds. The standard InChI is InChI=1S/C21H23NO5/c1-14(23)19(15(2)24)20(17-9-11-18(26-3)12-10-17)22-21(25)27-13-16-7-5-4-6-8-16/h4-12,19-20H,13H2,1-3H3,(H,22,25)/t20-/m0/s1. The molecule has 142 valence electrons. The molecule has 0 radical (unpaired) electrons. The summed E-state index contributed by atoms with van der Waals surface area (Å²) >= 11 is 0. The van der Waals surface area contributed by atoms with Crippen LogP contribution in [-0.2, 0) is 20.9 Å². The van der Waals surface area contributed by atoms with E-state index in [1.54, 1.807) is 31.4 Å². The van der Waals surface area contributed by atoms with Crippen molar-refractivity contribution in [1.82, 2.24) is 5.32 Å². The zero-order valence-electron chi connectivity index (χ0n) is 15.6. The molecule has 0 saturated heterocycles. The molecule has 1 atom stereocenters. The Morgan fingerprint density at radius 3 is 2.04 bits per heavy atom. The Morgan fingerprint density at radius 1 is 0.926 bits per heavy atom. The van der Waals surface area contributed by atoms with Crippen LogP contribution in [0.25, 0.3) is 0 Å². The van der Waals surface area contributed by atoms with E-state index in [2.05, 4.69) is 5.32 Å². The van der Waals surface area contributed by atoms with Gasteiger partial charge in [0.1, 0.15) is 29.8 Å². The maximum Gasteiger partial charge on any atom is 0.407 e. The predicted molar refractivity (Wildman–Crippen MR) is 100 cm³/mol. The Labute approximate surface area is 158 Å². The van der Waals surface area contributed by atoms with E-state index in [0.29, 0.717) is 11.3 Å². The first-order valence-corrected chi connectivity index (χ1v) is 8.54. The van der Waals surface area contributed by atoms with Gasteiger partial charge in [-0.3, -0.25) is 9.59 Å². The SMILES string of the molecule is COc1ccc([C@H](NC(=O)OCc2ccccc2)C(C(C)=O)C(C)=O)cc1. The summed E-state index contributed by atoms with van der Waals surface area (Å²) < 4.78 is 10.4. The molecule has 0 heterocycles. The van der Waals surface area contributed by atoms with Gasteiger partial charge in [-0.15, -0.1) is 0 Å². The predicted octanol–water partition coefficient (Wildman–Crippen LogP) is 3.46. The Hall–Kier alpha value is -3.15. The molecule has 6 heteroatoms. The molecule has 2 aromatic rings. The van der Waals surface area contributed by atoms with Crippen molar-refractivity contribution in [2.45, 2.75) is 26.5 Å². The van der Waals surface area contributed by atoms with Crippen LogP contribution in [0, 0.1) is 5.92 Å². The summed E-state index contributed by atoms with van der Waals surface area (Å²) in [5.41, 5.74) is 1.45. The number of ketones is 2. The molecule has 0 spiro atoms. The molecule has 0 aliphatic carbocycles. The number of carbonyl (C=O) groups excluding carboxylic acids is 3. The minimum absolute atomic E-state index is 0.0901. The quantitative estimate of drug-likeness (QED) is 0.721. The van der Waals surface area contributed by atoms with E-state index in [-0.39, 0.29) is 18.2 Å². The lowest BCUT2D eigenvalue weighted by molar-refractivity contribution is -0.131. The Balaban J connectivity index is 2.18. The molecule has 1 N–H and O–H groups in total. The minimum atomic E-state index is -0.998. The van der Waals surface area contributed by atoms with Crippen molar-refractivity contribution in [1.29, 1.82) is 0 Å². The van der Waals surface area contributed by atoms with Crippen LogP contribution in [0.1, 0.15) is 31.0 Å². The second-order valence-corrected chi connectivity index (χ2v) is 6.16. The smallest absolute Gasteiger partial charge is 0.407 e. The average Bonchev–Trinajstić information content (AvgIpc) is 2.66. The number of Topliss-reactive ketones (excluding diaryl/α,β-unsaturated/α-hetero) is 2. The van der Waals surface area contributed by atoms with Crippen LogP contribution < -0.4 is 10.1 Å². The van der Waals surface area contributed by atoms with Crippen LogP contribution >= 0.6 is 0 Å². The highest BCUT2D eigenvalue weighted by molar-refractivity contribution is 6.01. The summed E-state index contributed by atoms with van der Waals surface area (Å²) in [6.45, 7) is 2.76. The summed E-state index contributed by atoms with van der Waals surface area (Å²) in [4.78, 5) is 36.4. The van der Waals surface area contributed by atoms with Crippen molar-refractivity contribution >= 4 is 17.7 Å². The summed E-state index contributed by atoms with van der Waals surface area (Å²) in [6.07, 6.45) is -0.702. The summed E-state index contributed by atoms with van der Waals surface area (Å²) in [6, 6.07) is 15.2. The van der Waals surface area contributed by atoms with Gasteiger partial charge in [0.05, 0.1) is 13.2 Å². The summed E-state index contributed by atoms with van der Waals surface area (Å²) in [7, 11) is 1.54. The molecule has 0 saturated carbocycles. The van der Waals surface area contributed by atoms with Gasteiger partial charge in [-0.2, -0.15) is 0 Å². The Bertz CT molecular complexity index is 772. The fourth-order valence-corrected chi connectivity index (χ4v) is 2.82. The molecule has 2 rings (SSSR count). The number of amides is 1. The number of ether oxygens (including phenoxy) is 2. The molecular formula is C21H23NO5. The van der Waals surface area contributed by atoms with Crippen LogP contribution in [0.3, 0.4) is 0 Å². The highest BCUT2D eigenvalue weighted by Gasteiger charge is 2.32. The van der Waals surface area contributed by atoms with Crippen LogP contribution in [0.4, 0.5) is 4.79 Å². The lowest BCUT2D eigenvalue weighted by Crippen LogP contribution is -2.39. The number of alkyl carbamates (subject to hydrolysis) is 1. The molecule has 0 aromatic heterocycles. The van der Waals surface area contributed by atoms with E-state index < -0.39 is 18.1 Å². The van der Waals surface area contributed by atoms with E-state index in [1.807, 2.05) is 30.3 Å². The number of benzene rings is 2. The fourth-order valence-electron chi connectivity index (χ4n) is 2.82. The van der Waals surface area contributed by atoms with Gasteiger partial charge in [0.2, 0.25) is 0 Å². The number of hydrogen-bond acceptors (Lipinski definition) is 5. The van der Waals surface area contributed by atoms with Crippen LogP contribution in [-0.4, -0.2) is 24.8 Å². The number of nitrogens with one attached hydrogen (secondary N) is 1. The molecule has 0 aliphatic heterocycles. The monoisotopic (exact) mass is 369 g/mol. The van der Waals surface area contributed by atoms with Crippen molar-refractivity contribution in [3.05, 3.63) is 65.7 Å². The molecule has 27 heavy (non-hydrogen) atoms. The highest BCUT2D eigenvalue weighted by atomic mass is 16.5. The zero-order valence-corrected chi connectivity index (χ0v) is 15.6. The van der Waals surface area contributed by atoms with Crippen molar-refractivity contribution in [3.63, 3.8) is 0 Å². The maximum absolute atomic E-state index is 12.3. The van der Waals surface area contributed by atoms with Crippen molar-refractivity contribution in [2.75, 3.05) is 7.11 Å². The first-order chi connectivity index (χ1) is 12.9. The van der Waals surface area contributed by atoms with Crippen LogP contribution in [0.2, 0.25) is 0 Å². The Kier molecular flexibility index (Phi) is 7.11. The second-order valence-electron chi connectivity index (χ2n) is 6.16. The molecular weight excluding hydrogens is 346 g/mol. The first kappa shape index (κ1) is 20.2. The molecule has 0 bridgehead atoms. The molecule has 6 nitrogen and oxygen atoms in total. The number of rotatable bonds is 8. The van der Waals surface area contributed by atoms with Gasteiger partial charge >= 0.3 is 6.09 Å². The van der Waals surface area contributed by atoms with E-state index in [0.717, 1.165) is 5.56 Å². The number of methoxy groups -OCH3 is 1. The maximum atomic E-state index is 12.3. The lowest BCUT2D eigenvalue weighted by Gasteiger charge is -2.25. The van der Waals surface area contributed by atoms with Gasteiger partial charge in [-0.25, -0.2) is 4.79 Å². The van der Waals surface area contributed by atoms with Gasteiger partial charge in [0, 0.05) is 0 Å². The lowest BCUT2D eigenvalue weighted by atomic mass is 9.87. The Morgan fingerprint density at radius 2 is 1.52 bits per heavy atom. The third-order valence-corrected chi connectivity index (χ3v) is 4.17. The third kappa shape index (κ3) is 5.67. The van der Waals surface area contributed by atoms with E-state index in [4.69, 9.17) is 9.47 Å². The van der Waals surface area contributed by atoms with E-state index >= 15 is 0 Å². The largest absolute Gasteiger partial charge is 0.497 e. The minimum Gasteiger partial charge on any atom is -0.497 e. The topological polar surface area (TPSA) is 81.7 Å². The van der Waals surface area contributed by atoms with Gasteiger partial charge in [-0.05, 0) is 37.1 Å². The molecule has 0 unspecified atom stereocenters. The van der Waals surface area contributed by atoms with Crippen LogP contribution in [0.15, 0.2) is 54.6 Å². The summed E-state index contributed by atoms with van der Waals surface area (Å²) in [5.74, 6) is -1.02. The summed E-state index contributed by atoms with van der Waals surface area (Å²) in [5, 5.41) is 2.66. The molecule has 0 aliphatic rings. The first-order valence-electron chi connectivity index (χ1n) is 8.54. The normalized spacial score (nSPS) is 11.6. The zero-order chi connectivity index (χ0) is 19.8. The van der Waals surface area contributed by atoms with Crippen molar-refractivity contribution in [3.8, 4) is 5.75 Å². The third-order valence-electron chi connectivity index (χ3n) is 4.17. The van der Waals surface area contributed by atoms with Gasteiger partial charge in [0.25, 0.3) is 0 Å². The number of carbonyl (C=O) groups is 3. The fraction of sp³-hybridized carbons (Fsp3) is 0.286. The second kappa shape index (κ2) is 9.52. The van der Waals surface area contributed by atoms with Gasteiger partial charge < -0.3 is 14.8 Å². The van der Waals surface area contributed by atoms with Gasteiger partial charge in [-0.1, -0.05) is 42.5 Å². The number of hydrogen-bond donors (Lipinski definition) is 1. The van der Waals surface area contributed by atoms with Gasteiger partial charge in [0.15, 0.2) is 0 Å². The molecule has 2 aromatic carbocycles. The van der Waals surface area contributed by atoms with E-state index in [1.165, 1.54) is 13.8 Å². The van der Waals surface area contributed by atoms with Crippen LogP contribution in [0.5, 0.6) is 5.75 Å². The van der Waals surface area contributed by atoms with Crippen molar-refractivity contribution < 1.29 is 23.9 Å². The van der Waals surface area contributed by atoms with Crippen molar-refractivity contribution in [2.24, 2.45) is 5.92 Å². The molecule has 0 fully saturated rings. The van der Waals surface area contributed by atoms with E-state index in [9.17, 15) is 14.4 Å².